The van der Waals surface area contributed by atoms with E-state index in [0.717, 1.165) is 60.8 Å². The summed E-state index contributed by atoms with van der Waals surface area (Å²) in [5, 5.41) is 24.1. The lowest BCUT2D eigenvalue weighted by Gasteiger charge is -2.32. The molecule has 0 spiro atoms. The van der Waals surface area contributed by atoms with Crippen molar-refractivity contribution in [2.75, 3.05) is 0 Å². The fraction of sp³-hybridized carbons (Fsp3) is 0.435. The Morgan fingerprint density at radius 2 is 1.61 bits per heavy atom. The Morgan fingerprint density at radius 3 is 2.14 bits per heavy atom. The summed E-state index contributed by atoms with van der Waals surface area (Å²) in [4.78, 5) is 11.2. The Kier molecular flexibility index (Phi) is 5.82. The average molecular weight is 380 g/mol. The topological polar surface area (TPSA) is 75.7 Å². The zero-order valence-corrected chi connectivity index (χ0v) is 16.9. The van der Waals surface area contributed by atoms with Gasteiger partial charge in [0.15, 0.2) is 0 Å². The summed E-state index contributed by atoms with van der Waals surface area (Å²) in [6.45, 7) is 6.14. The standard InChI is InChI=1S/C23H28N2O3/c1-4-6-12-23(13-7-5-2)21-14-17(16(3)24-26)8-10-19(21)20-11-9-18(25(27)28)15-22(20)23/h8-11,14-15,26H,4-7,12-13H2,1-3H3/b24-16+. The molecule has 0 atom stereocenters. The van der Waals surface area contributed by atoms with Crippen LogP contribution in [0.25, 0.3) is 11.1 Å². The minimum absolute atomic E-state index is 0.150. The first-order chi connectivity index (χ1) is 13.5. The lowest BCUT2D eigenvalue weighted by molar-refractivity contribution is -0.384. The number of hydrogen-bond acceptors (Lipinski definition) is 4. The van der Waals surface area contributed by atoms with E-state index in [1.165, 1.54) is 5.56 Å². The van der Waals surface area contributed by atoms with Crippen molar-refractivity contribution in [3.63, 3.8) is 0 Å². The van der Waals surface area contributed by atoms with Gasteiger partial charge < -0.3 is 5.21 Å². The molecule has 2 aromatic rings. The van der Waals surface area contributed by atoms with Gasteiger partial charge in [0.2, 0.25) is 0 Å². The van der Waals surface area contributed by atoms with Crippen molar-refractivity contribution in [1.82, 2.24) is 0 Å². The van der Waals surface area contributed by atoms with Crippen LogP contribution in [0.4, 0.5) is 5.69 Å². The van der Waals surface area contributed by atoms with Crippen LogP contribution in [0.5, 0.6) is 0 Å². The number of non-ortho nitro benzene ring substituents is 1. The summed E-state index contributed by atoms with van der Waals surface area (Å²) in [5.41, 5.74) is 5.92. The molecular formula is C23H28N2O3. The van der Waals surface area contributed by atoms with Crippen LogP contribution in [-0.4, -0.2) is 15.8 Å². The third kappa shape index (κ3) is 3.30. The number of rotatable bonds is 8. The molecule has 0 saturated heterocycles. The number of nitro benzene ring substituents is 1. The van der Waals surface area contributed by atoms with Crippen LogP contribution < -0.4 is 0 Å². The van der Waals surface area contributed by atoms with Crippen LogP contribution in [0.1, 0.15) is 76.0 Å². The summed E-state index contributed by atoms with van der Waals surface area (Å²) < 4.78 is 0. The van der Waals surface area contributed by atoms with E-state index in [-0.39, 0.29) is 16.0 Å². The third-order valence-electron chi connectivity index (χ3n) is 6.04. The Hall–Kier alpha value is -2.69. The van der Waals surface area contributed by atoms with Gasteiger partial charge in [0.25, 0.3) is 5.69 Å². The van der Waals surface area contributed by atoms with Gasteiger partial charge in [0.1, 0.15) is 0 Å². The first-order valence-corrected chi connectivity index (χ1v) is 10.1. The van der Waals surface area contributed by atoms with Gasteiger partial charge in [-0.05, 0) is 59.7 Å². The summed E-state index contributed by atoms with van der Waals surface area (Å²) >= 11 is 0. The van der Waals surface area contributed by atoms with Crippen molar-refractivity contribution in [2.24, 2.45) is 5.16 Å². The summed E-state index contributed by atoms with van der Waals surface area (Å²) in [6, 6.07) is 11.5. The third-order valence-corrected chi connectivity index (χ3v) is 6.04. The molecule has 0 fully saturated rings. The predicted molar refractivity (Wildman–Crippen MR) is 112 cm³/mol. The van der Waals surface area contributed by atoms with Crippen molar-refractivity contribution in [3.05, 3.63) is 63.2 Å². The van der Waals surface area contributed by atoms with Gasteiger partial charge in [-0.25, -0.2) is 0 Å². The predicted octanol–water partition coefficient (Wildman–Crippen LogP) is 6.44. The monoisotopic (exact) mass is 380 g/mol. The van der Waals surface area contributed by atoms with Crippen molar-refractivity contribution < 1.29 is 10.1 Å². The second kappa shape index (κ2) is 8.13. The fourth-order valence-electron chi connectivity index (χ4n) is 4.50. The van der Waals surface area contributed by atoms with Crippen molar-refractivity contribution in [2.45, 2.75) is 64.7 Å². The molecule has 5 heteroatoms. The number of hydrogen-bond donors (Lipinski definition) is 1. The highest BCUT2D eigenvalue weighted by molar-refractivity contribution is 5.99. The Morgan fingerprint density at radius 1 is 1.04 bits per heavy atom. The highest BCUT2D eigenvalue weighted by Gasteiger charge is 2.43. The molecule has 0 radical (unpaired) electrons. The molecule has 2 aromatic carbocycles. The van der Waals surface area contributed by atoms with Crippen LogP contribution in [0, 0.1) is 10.1 Å². The second-order valence-corrected chi connectivity index (χ2v) is 7.72. The molecule has 0 aliphatic heterocycles. The van der Waals surface area contributed by atoms with Gasteiger partial charge in [-0.3, -0.25) is 10.1 Å². The summed E-state index contributed by atoms with van der Waals surface area (Å²) in [6.07, 6.45) is 6.19. The molecule has 0 unspecified atom stereocenters. The van der Waals surface area contributed by atoms with Crippen LogP contribution in [0.2, 0.25) is 0 Å². The number of benzene rings is 2. The molecule has 1 aliphatic rings. The summed E-state index contributed by atoms with van der Waals surface area (Å²) in [7, 11) is 0. The van der Waals surface area contributed by atoms with Crippen molar-refractivity contribution >= 4 is 11.4 Å². The second-order valence-electron chi connectivity index (χ2n) is 7.72. The molecule has 0 saturated carbocycles. The lowest BCUT2D eigenvalue weighted by atomic mass is 9.70. The molecule has 28 heavy (non-hydrogen) atoms. The zero-order chi connectivity index (χ0) is 20.3. The largest absolute Gasteiger partial charge is 0.411 e. The molecule has 5 nitrogen and oxygen atoms in total. The maximum Gasteiger partial charge on any atom is 0.269 e. The Bertz CT molecular complexity index is 910. The lowest BCUT2D eigenvalue weighted by Crippen LogP contribution is -2.26. The molecular weight excluding hydrogens is 352 g/mol. The minimum atomic E-state index is -0.304. The van der Waals surface area contributed by atoms with Crippen molar-refractivity contribution in [3.8, 4) is 11.1 Å². The zero-order valence-electron chi connectivity index (χ0n) is 16.9. The molecule has 3 rings (SSSR count). The Balaban J connectivity index is 2.28. The van der Waals surface area contributed by atoms with Gasteiger partial charge in [-0.2, -0.15) is 0 Å². The summed E-state index contributed by atoms with van der Waals surface area (Å²) in [5.74, 6) is 0. The van der Waals surface area contributed by atoms with Gasteiger partial charge in [0, 0.05) is 17.5 Å². The highest BCUT2D eigenvalue weighted by Crippen LogP contribution is 2.55. The molecule has 1 N–H and O–H groups in total. The maximum atomic E-state index is 11.5. The molecule has 1 aliphatic carbocycles. The molecule has 0 bridgehead atoms. The van der Waals surface area contributed by atoms with E-state index in [1.54, 1.807) is 19.1 Å². The average Bonchev–Trinajstić information content (AvgIpc) is 2.99. The van der Waals surface area contributed by atoms with Gasteiger partial charge in [-0.15, -0.1) is 0 Å². The van der Waals surface area contributed by atoms with E-state index in [4.69, 9.17) is 0 Å². The maximum absolute atomic E-state index is 11.5. The quantitative estimate of drug-likeness (QED) is 0.248. The normalized spacial score (nSPS) is 14.6. The Labute approximate surface area is 166 Å². The van der Waals surface area contributed by atoms with E-state index in [2.05, 4.69) is 31.1 Å². The van der Waals surface area contributed by atoms with E-state index in [9.17, 15) is 15.3 Å². The smallest absolute Gasteiger partial charge is 0.269 e. The molecule has 148 valence electrons. The number of unbranched alkanes of at least 4 members (excludes halogenated alkanes) is 2. The number of fused-ring (bicyclic) bond motifs is 3. The first-order valence-electron chi connectivity index (χ1n) is 10.1. The minimum Gasteiger partial charge on any atom is -0.411 e. The van der Waals surface area contributed by atoms with Crippen LogP contribution in [0.15, 0.2) is 41.6 Å². The number of nitro groups is 1. The van der Waals surface area contributed by atoms with Gasteiger partial charge >= 0.3 is 0 Å². The van der Waals surface area contributed by atoms with E-state index in [1.807, 2.05) is 12.1 Å². The van der Waals surface area contributed by atoms with E-state index in [0.29, 0.717) is 5.71 Å². The van der Waals surface area contributed by atoms with Crippen LogP contribution in [0.3, 0.4) is 0 Å². The number of oxime groups is 1. The SMILES string of the molecule is CCCCC1(CCCC)c2cc(/C(C)=N/O)ccc2-c2ccc([N+](=O)[O-])cc21. The first kappa shape index (κ1) is 20.1. The number of nitrogens with zero attached hydrogens (tertiary/aromatic N) is 2. The van der Waals surface area contributed by atoms with E-state index < -0.39 is 0 Å². The van der Waals surface area contributed by atoms with Gasteiger partial charge in [-0.1, -0.05) is 56.8 Å². The van der Waals surface area contributed by atoms with E-state index >= 15 is 0 Å². The highest BCUT2D eigenvalue weighted by atomic mass is 16.6. The molecule has 0 amide bonds. The van der Waals surface area contributed by atoms with Crippen LogP contribution in [-0.2, 0) is 5.41 Å². The van der Waals surface area contributed by atoms with Crippen LogP contribution >= 0.6 is 0 Å². The molecule has 0 aromatic heterocycles. The fourth-order valence-corrected chi connectivity index (χ4v) is 4.50. The molecule has 0 heterocycles. The van der Waals surface area contributed by atoms with Gasteiger partial charge in [0.05, 0.1) is 10.6 Å². The van der Waals surface area contributed by atoms with Crippen molar-refractivity contribution in [1.29, 1.82) is 0 Å².